The Bertz CT molecular complexity index is 929. The van der Waals surface area contributed by atoms with Crippen LogP contribution < -0.4 is 15.4 Å². The monoisotopic (exact) mass is 408 g/mol. The first-order chi connectivity index (χ1) is 12.8. The van der Waals surface area contributed by atoms with E-state index < -0.39 is 17.8 Å². The summed E-state index contributed by atoms with van der Waals surface area (Å²) in [4.78, 5) is 34.6. The molecule has 2 N–H and O–H groups in total. The van der Waals surface area contributed by atoms with E-state index in [0.717, 1.165) is 5.56 Å². The Balaban J connectivity index is 1.81. The van der Waals surface area contributed by atoms with Gasteiger partial charge in [-0.05, 0) is 41.5 Å². The van der Waals surface area contributed by atoms with Crippen molar-refractivity contribution in [1.82, 2.24) is 10.6 Å². The van der Waals surface area contributed by atoms with Crippen LogP contribution in [-0.2, 0) is 16.2 Å². The lowest BCUT2D eigenvalue weighted by Gasteiger charge is -2.14. The molecule has 0 atom stereocenters. The molecule has 138 valence electrons. The summed E-state index contributed by atoms with van der Waals surface area (Å²) in [6, 6.07) is 7.77. The molecule has 1 heterocycles. The van der Waals surface area contributed by atoms with E-state index in [1.165, 1.54) is 30.3 Å². The molecule has 2 aromatic rings. The van der Waals surface area contributed by atoms with Crippen molar-refractivity contribution >= 4 is 47.1 Å². The summed E-state index contributed by atoms with van der Waals surface area (Å²) in [7, 11) is 0. The molecule has 1 aliphatic rings. The number of barbiturate groups is 1. The fourth-order valence-corrected chi connectivity index (χ4v) is 2.92. The standard InChI is InChI=1S/C18H11Cl2FN2O4/c19-13-6-10(5-12-16(24)22-18(26)23-17(12)25)7-14(20)15(13)27-8-9-1-3-11(21)4-2-9/h1-7H,8H2,(H2,22,23,24,25,26). The molecule has 0 aliphatic carbocycles. The summed E-state index contributed by atoms with van der Waals surface area (Å²) in [5.41, 5.74) is 0.824. The Kier molecular flexibility index (Phi) is 5.43. The number of carbonyl (C=O) groups excluding carboxylic acids is 3. The van der Waals surface area contributed by atoms with Crippen molar-refractivity contribution in [1.29, 1.82) is 0 Å². The van der Waals surface area contributed by atoms with Crippen LogP contribution in [-0.4, -0.2) is 17.8 Å². The van der Waals surface area contributed by atoms with Crippen molar-refractivity contribution in [3.8, 4) is 5.75 Å². The second-order valence-corrected chi connectivity index (χ2v) is 6.34. The molecule has 4 amide bonds. The molecule has 27 heavy (non-hydrogen) atoms. The van der Waals surface area contributed by atoms with Crippen LogP contribution in [0.4, 0.5) is 9.18 Å². The number of amides is 4. The van der Waals surface area contributed by atoms with Crippen LogP contribution in [0.3, 0.4) is 0 Å². The van der Waals surface area contributed by atoms with E-state index in [2.05, 4.69) is 0 Å². The molecule has 3 rings (SSSR count). The molecule has 1 saturated heterocycles. The fraction of sp³-hybridized carbons (Fsp3) is 0.0556. The van der Waals surface area contributed by atoms with E-state index in [4.69, 9.17) is 27.9 Å². The van der Waals surface area contributed by atoms with Gasteiger partial charge in [-0.15, -0.1) is 0 Å². The van der Waals surface area contributed by atoms with Crippen LogP contribution in [0, 0.1) is 5.82 Å². The van der Waals surface area contributed by atoms with Gasteiger partial charge in [-0.25, -0.2) is 9.18 Å². The summed E-state index contributed by atoms with van der Waals surface area (Å²) in [6.07, 6.45) is 1.25. The van der Waals surface area contributed by atoms with Gasteiger partial charge in [0, 0.05) is 0 Å². The van der Waals surface area contributed by atoms with Gasteiger partial charge in [-0.1, -0.05) is 35.3 Å². The number of benzene rings is 2. The van der Waals surface area contributed by atoms with Crippen LogP contribution in [0.15, 0.2) is 42.0 Å². The minimum absolute atomic E-state index is 0.118. The lowest BCUT2D eigenvalue weighted by molar-refractivity contribution is -0.123. The number of nitrogens with one attached hydrogen (secondary N) is 2. The van der Waals surface area contributed by atoms with Gasteiger partial charge in [-0.3, -0.25) is 20.2 Å². The van der Waals surface area contributed by atoms with E-state index in [1.807, 2.05) is 10.6 Å². The molecule has 1 fully saturated rings. The molecule has 0 bridgehead atoms. The van der Waals surface area contributed by atoms with Gasteiger partial charge in [0.25, 0.3) is 11.8 Å². The highest BCUT2D eigenvalue weighted by atomic mass is 35.5. The highest BCUT2D eigenvalue weighted by Gasteiger charge is 2.27. The zero-order valence-electron chi connectivity index (χ0n) is 13.5. The summed E-state index contributed by atoms with van der Waals surface area (Å²) in [6.45, 7) is 0.118. The average molecular weight is 409 g/mol. The highest BCUT2D eigenvalue weighted by molar-refractivity contribution is 6.37. The predicted octanol–water partition coefficient (Wildman–Crippen LogP) is 3.46. The first-order valence-electron chi connectivity index (χ1n) is 7.58. The second kappa shape index (κ2) is 7.77. The van der Waals surface area contributed by atoms with Crippen molar-refractivity contribution in [2.45, 2.75) is 6.61 Å². The molecule has 9 heteroatoms. The van der Waals surface area contributed by atoms with Crippen molar-refractivity contribution in [3.05, 3.63) is 69.0 Å². The minimum atomic E-state index is -0.886. The topological polar surface area (TPSA) is 84.5 Å². The molecule has 0 unspecified atom stereocenters. The van der Waals surface area contributed by atoms with Gasteiger partial charge < -0.3 is 4.74 Å². The average Bonchev–Trinajstić information content (AvgIpc) is 2.59. The number of carbonyl (C=O) groups is 3. The Morgan fingerprint density at radius 2 is 1.52 bits per heavy atom. The van der Waals surface area contributed by atoms with E-state index in [1.54, 1.807) is 12.1 Å². The van der Waals surface area contributed by atoms with Gasteiger partial charge >= 0.3 is 6.03 Å². The summed E-state index contributed by atoms with van der Waals surface area (Å²) < 4.78 is 18.5. The summed E-state index contributed by atoms with van der Waals surface area (Å²) in [5.74, 6) is -1.80. The zero-order valence-corrected chi connectivity index (χ0v) is 15.0. The van der Waals surface area contributed by atoms with Gasteiger partial charge in [0.2, 0.25) is 0 Å². The third-order valence-electron chi connectivity index (χ3n) is 3.57. The van der Waals surface area contributed by atoms with Crippen molar-refractivity contribution in [2.24, 2.45) is 0 Å². The molecule has 0 aromatic heterocycles. The first-order valence-corrected chi connectivity index (χ1v) is 8.34. The normalized spacial score (nSPS) is 13.9. The highest BCUT2D eigenvalue weighted by Crippen LogP contribution is 2.35. The van der Waals surface area contributed by atoms with Crippen LogP contribution >= 0.6 is 23.2 Å². The maximum atomic E-state index is 12.9. The molecule has 0 saturated carbocycles. The number of urea groups is 1. The van der Waals surface area contributed by atoms with E-state index in [-0.39, 0.29) is 33.8 Å². The Morgan fingerprint density at radius 1 is 0.963 bits per heavy atom. The third-order valence-corrected chi connectivity index (χ3v) is 4.13. The van der Waals surface area contributed by atoms with Gasteiger partial charge in [-0.2, -0.15) is 0 Å². The smallest absolute Gasteiger partial charge is 0.328 e. The molecule has 6 nitrogen and oxygen atoms in total. The molecule has 0 spiro atoms. The van der Waals surface area contributed by atoms with Crippen molar-refractivity contribution in [3.63, 3.8) is 0 Å². The Hall–Kier alpha value is -2.90. The largest absolute Gasteiger partial charge is 0.486 e. The minimum Gasteiger partial charge on any atom is -0.486 e. The summed E-state index contributed by atoms with van der Waals surface area (Å²) in [5, 5.41) is 4.25. The molecule has 0 radical (unpaired) electrons. The van der Waals surface area contributed by atoms with Crippen LogP contribution in [0.1, 0.15) is 11.1 Å². The molecular formula is C18H11Cl2FN2O4. The lowest BCUT2D eigenvalue weighted by atomic mass is 10.1. The SMILES string of the molecule is O=C1NC(=O)C(=Cc2cc(Cl)c(OCc3ccc(F)cc3)c(Cl)c2)C(=O)N1. The molecule has 1 aliphatic heterocycles. The van der Waals surface area contributed by atoms with Crippen molar-refractivity contribution < 1.29 is 23.5 Å². The van der Waals surface area contributed by atoms with E-state index in [9.17, 15) is 18.8 Å². The number of hydrogen-bond acceptors (Lipinski definition) is 4. The van der Waals surface area contributed by atoms with Crippen LogP contribution in [0.25, 0.3) is 6.08 Å². The number of halogens is 3. The molecule has 2 aromatic carbocycles. The zero-order chi connectivity index (χ0) is 19.6. The first kappa shape index (κ1) is 18.9. The summed E-state index contributed by atoms with van der Waals surface area (Å²) >= 11 is 12.4. The fourth-order valence-electron chi connectivity index (χ4n) is 2.31. The maximum absolute atomic E-state index is 12.9. The van der Waals surface area contributed by atoms with E-state index >= 15 is 0 Å². The Morgan fingerprint density at radius 3 is 2.07 bits per heavy atom. The Labute approximate surface area is 162 Å². The quantitative estimate of drug-likeness (QED) is 0.599. The van der Waals surface area contributed by atoms with Crippen molar-refractivity contribution in [2.75, 3.05) is 0 Å². The van der Waals surface area contributed by atoms with Gasteiger partial charge in [0.05, 0.1) is 10.0 Å². The van der Waals surface area contributed by atoms with Crippen LogP contribution in [0.2, 0.25) is 10.0 Å². The lowest BCUT2D eigenvalue weighted by Crippen LogP contribution is -2.51. The number of rotatable bonds is 4. The number of hydrogen-bond donors (Lipinski definition) is 2. The maximum Gasteiger partial charge on any atom is 0.328 e. The number of ether oxygens (including phenoxy) is 1. The predicted molar refractivity (Wildman–Crippen MR) is 96.9 cm³/mol. The van der Waals surface area contributed by atoms with E-state index in [0.29, 0.717) is 5.56 Å². The second-order valence-electron chi connectivity index (χ2n) is 5.52. The number of imide groups is 2. The van der Waals surface area contributed by atoms with Gasteiger partial charge in [0.15, 0.2) is 5.75 Å². The molecular weight excluding hydrogens is 398 g/mol. The third kappa shape index (κ3) is 4.45. The van der Waals surface area contributed by atoms with Crippen LogP contribution in [0.5, 0.6) is 5.75 Å². The van der Waals surface area contributed by atoms with Gasteiger partial charge in [0.1, 0.15) is 18.0 Å².